The van der Waals surface area contributed by atoms with Crippen LogP contribution in [0.5, 0.6) is 0 Å². The summed E-state index contributed by atoms with van der Waals surface area (Å²) in [5.41, 5.74) is 4.89. The van der Waals surface area contributed by atoms with E-state index in [1.807, 2.05) is 50.2 Å². The van der Waals surface area contributed by atoms with Crippen LogP contribution in [0, 0.1) is 0 Å². The lowest BCUT2D eigenvalue weighted by atomic mass is 10.2. The van der Waals surface area contributed by atoms with Crippen LogP contribution in [0.25, 0.3) is 0 Å². The molecule has 0 fully saturated rings. The summed E-state index contributed by atoms with van der Waals surface area (Å²) in [5, 5.41) is 4.10. The van der Waals surface area contributed by atoms with Crippen molar-refractivity contribution in [1.29, 1.82) is 0 Å². The van der Waals surface area contributed by atoms with Gasteiger partial charge in [0.05, 0.1) is 14.9 Å². The molecule has 0 radical (unpaired) electrons. The third kappa shape index (κ3) is 4.06. The number of nitrogens with one attached hydrogen (secondary N) is 1. The van der Waals surface area contributed by atoms with Gasteiger partial charge in [0.1, 0.15) is 0 Å². The number of hydrogen-bond donors (Lipinski definition) is 1. The van der Waals surface area contributed by atoms with Gasteiger partial charge in [-0.2, -0.15) is 5.10 Å². The summed E-state index contributed by atoms with van der Waals surface area (Å²) >= 11 is 7.30. The Balaban J connectivity index is 2.04. The van der Waals surface area contributed by atoms with Crippen LogP contribution in [-0.4, -0.2) is 25.7 Å². The van der Waals surface area contributed by atoms with Crippen LogP contribution in [0.2, 0.25) is 4.34 Å². The molecule has 1 aromatic carbocycles. The van der Waals surface area contributed by atoms with Crippen LogP contribution in [-0.2, 0) is 0 Å². The highest BCUT2D eigenvalue weighted by atomic mass is 35.5. The van der Waals surface area contributed by atoms with Crippen molar-refractivity contribution in [2.45, 2.75) is 6.92 Å². The standard InChI is InChI=1S/C15H16ClN3OS/c1-10(13-8-9-14(16)21-13)17-18-15(20)11-4-6-12(7-5-11)19(2)3/h4-9H,1-3H3,(H,18,20). The molecule has 0 bridgehead atoms. The fourth-order valence-corrected chi connectivity index (χ4v) is 2.66. The summed E-state index contributed by atoms with van der Waals surface area (Å²) in [4.78, 5) is 14.9. The molecule has 110 valence electrons. The van der Waals surface area contributed by atoms with Crippen molar-refractivity contribution in [3.63, 3.8) is 0 Å². The minimum Gasteiger partial charge on any atom is -0.378 e. The maximum atomic E-state index is 12.0. The molecular formula is C15H16ClN3OS. The molecule has 1 N–H and O–H groups in total. The van der Waals surface area contributed by atoms with Crippen molar-refractivity contribution in [3.8, 4) is 0 Å². The van der Waals surface area contributed by atoms with Gasteiger partial charge in [0, 0.05) is 25.3 Å². The van der Waals surface area contributed by atoms with Crippen LogP contribution in [0.15, 0.2) is 41.5 Å². The fraction of sp³-hybridized carbons (Fsp3) is 0.200. The Labute approximate surface area is 133 Å². The number of carbonyl (C=O) groups excluding carboxylic acids is 1. The fourth-order valence-electron chi connectivity index (χ4n) is 1.67. The van der Waals surface area contributed by atoms with Gasteiger partial charge < -0.3 is 4.90 Å². The molecule has 0 atom stereocenters. The van der Waals surface area contributed by atoms with E-state index in [-0.39, 0.29) is 5.91 Å². The smallest absolute Gasteiger partial charge is 0.271 e. The SMILES string of the molecule is CC(=NNC(=O)c1ccc(N(C)C)cc1)c1ccc(Cl)s1. The molecule has 6 heteroatoms. The van der Waals surface area contributed by atoms with Gasteiger partial charge >= 0.3 is 0 Å². The topological polar surface area (TPSA) is 44.7 Å². The van der Waals surface area contributed by atoms with Crippen molar-refractivity contribution >= 4 is 40.2 Å². The summed E-state index contributed by atoms with van der Waals surface area (Å²) in [6.45, 7) is 1.83. The molecule has 1 amide bonds. The van der Waals surface area contributed by atoms with Crippen molar-refractivity contribution in [2.24, 2.45) is 5.10 Å². The second-order valence-corrected chi connectivity index (χ2v) is 6.40. The number of thiophene rings is 1. The average Bonchev–Trinajstić information content (AvgIpc) is 2.91. The number of benzene rings is 1. The third-order valence-corrected chi connectivity index (χ3v) is 4.24. The Morgan fingerprint density at radius 2 is 1.86 bits per heavy atom. The Bertz CT molecular complexity index is 662. The number of halogens is 1. The van der Waals surface area contributed by atoms with Crippen molar-refractivity contribution in [2.75, 3.05) is 19.0 Å². The Kier molecular flexibility index (Phi) is 4.98. The first-order chi connectivity index (χ1) is 9.97. The van der Waals surface area contributed by atoms with Gasteiger partial charge in [0.2, 0.25) is 0 Å². The summed E-state index contributed by atoms with van der Waals surface area (Å²) in [6, 6.07) is 11.0. The zero-order valence-corrected chi connectivity index (χ0v) is 13.6. The van der Waals surface area contributed by atoms with Crippen molar-refractivity contribution in [3.05, 3.63) is 51.2 Å². The molecule has 4 nitrogen and oxygen atoms in total. The first-order valence-corrected chi connectivity index (χ1v) is 7.54. The predicted molar refractivity (Wildman–Crippen MR) is 89.8 cm³/mol. The Hall–Kier alpha value is -1.85. The van der Waals surface area contributed by atoms with E-state index in [1.54, 1.807) is 12.1 Å². The normalized spacial score (nSPS) is 11.3. The quantitative estimate of drug-likeness (QED) is 0.690. The number of nitrogens with zero attached hydrogens (tertiary/aromatic N) is 2. The largest absolute Gasteiger partial charge is 0.378 e. The molecule has 21 heavy (non-hydrogen) atoms. The van der Waals surface area contributed by atoms with Gasteiger partial charge in [-0.1, -0.05) is 11.6 Å². The van der Waals surface area contributed by atoms with Crippen molar-refractivity contribution < 1.29 is 4.79 Å². The highest BCUT2D eigenvalue weighted by Gasteiger charge is 2.06. The molecule has 0 aliphatic heterocycles. The summed E-state index contributed by atoms with van der Waals surface area (Å²) < 4.78 is 0.699. The zero-order valence-electron chi connectivity index (χ0n) is 12.1. The number of anilines is 1. The van der Waals surface area contributed by atoms with Crippen LogP contribution in [0.4, 0.5) is 5.69 Å². The van der Waals surface area contributed by atoms with E-state index in [0.717, 1.165) is 16.3 Å². The molecule has 0 spiro atoms. The van der Waals surface area contributed by atoms with Crippen LogP contribution in [0.3, 0.4) is 0 Å². The summed E-state index contributed by atoms with van der Waals surface area (Å²) in [7, 11) is 3.91. The second-order valence-electron chi connectivity index (χ2n) is 4.68. The maximum absolute atomic E-state index is 12.0. The predicted octanol–water partition coefficient (Wildman–Crippen LogP) is 3.62. The number of hydrazone groups is 1. The van der Waals surface area contributed by atoms with E-state index >= 15 is 0 Å². The van der Waals surface area contributed by atoms with Gasteiger partial charge in [-0.25, -0.2) is 5.43 Å². The van der Waals surface area contributed by atoms with E-state index in [1.165, 1.54) is 11.3 Å². The maximum Gasteiger partial charge on any atom is 0.271 e. The lowest BCUT2D eigenvalue weighted by Gasteiger charge is -2.12. The lowest BCUT2D eigenvalue weighted by Crippen LogP contribution is -2.19. The van der Waals surface area contributed by atoms with Gasteiger partial charge in [-0.3, -0.25) is 4.79 Å². The van der Waals surface area contributed by atoms with E-state index in [9.17, 15) is 4.79 Å². The van der Waals surface area contributed by atoms with E-state index in [0.29, 0.717) is 9.90 Å². The number of hydrogen-bond acceptors (Lipinski definition) is 4. The van der Waals surface area contributed by atoms with E-state index in [2.05, 4.69) is 10.5 Å². The van der Waals surface area contributed by atoms with E-state index in [4.69, 9.17) is 11.6 Å². The van der Waals surface area contributed by atoms with Gasteiger partial charge in [-0.05, 0) is 43.3 Å². The number of amides is 1. The van der Waals surface area contributed by atoms with Crippen LogP contribution < -0.4 is 10.3 Å². The minimum absolute atomic E-state index is 0.234. The monoisotopic (exact) mass is 321 g/mol. The Morgan fingerprint density at radius 3 is 2.38 bits per heavy atom. The minimum atomic E-state index is -0.234. The highest BCUT2D eigenvalue weighted by molar-refractivity contribution is 7.18. The summed E-state index contributed by atoms with van der Waals surface area (Å²) in [5.74, 6) is -0.234. The van der Waals surface area contributed by atoms with Gasteiger partial charge in [-0.15, -0.1) is 11.3 Å². The molecule has 0 aliphatic carbocycles. The second kappa shape index (κ2) is 6.74. The highest BCUT2D eigenvalue weighted by Crippen LogP contribution is 2.21. The van der Waals surface area contributed by atoms with Crippen LogP contribution in [0.1, 0.15) is 22.2 Å². The molecular weight excluding hydrogens is 306 g/mol. The molecule has 0 aliphatic rings. The van der Waals surface area contributed by atoms with Gasteiger partial charge in [0.25, 0.3) is 5.91 Å². The average molecular weight is 322 g/mol. The molecule has 1 heterocycles. The number of rotatable bonds is 4. The molecule has 2 rings (SSSR count). The Morgan fingerprint density at radius 1 is 1.19 bits per heavy atom. The molecule has 0 unspecified atom stereocenters. The zero-order chi connectivity index (χ0) is 15.4. The summed E-state index contributed by atoms with van der Waals surface area (Å²) in [6.07, 6.45) is 0. The lowest BCUT2D eigenvalue weighted by molar-refractivity contribution is 0.0955. The molecule has 0 saturated carbocycles. The molecule has 0 saturated heterocycles. The van der Waals surface area contributed by atoms with Crippen molar-refractivity contribution in [1.82, 2.24) is 5.43 Å². The molecule has 2 aromatic rings. The van der Waals surface area contributed by atoms with Gasteiger partial charge in [0.15, 0.2) is 0 Å². The first kappa shape index (κ1) is 15.5. The molecule has 1 aromatic heterocycles. The number of carbonyl (C=O) groups is 1. The first-order valence-electron chi connectivity index (χ1n) is 6.35. The third-order valence-electron chi connectivity index (χ3n) is 2.90. The van der Waals surface area contributed by atoms with Crippen LogP contribution >= 0.6 is 22.9 Å². The van der Waals surface area contributed by atoms with E-state index < -0.39 is 0 Å².